The van der Waals surface area contributed by atoms with Crippen LogP contribution in [-0.2, 0) is 0 Å². The average Bonchev–Trinajstić information content (AvgIpc) is 2.58. The Kier molecular flexibility index (Phi) is 3.52. The third kappa shape index (κ3) is 2.75. The molecule has 0 saturated carbocycles. The van der Waals surface area contributed by atoms with Gasteiger partial charge >= 0.3 is 0 Å². The molecule has 24 heavy (non-hydrogen) atoms. The molecule has 4 rings (SSSR count). The van der Waals surface area contributed by atoms with E-state index < -0.39 is 0 Å². The number of pyridine rings is 1. The molecular weight excluding hydrogens is 290 g/mol. The highest BCUT2D eigenvalue weighted by Crippen LogP contribution is 2.25. The Hall–Kier alpha value is -3.11. The summed E-state index contributed by atoms with van der Waals surface area (Å²) in [5.74, 6) is 6.57. The lowest BCUT2D eigenvalue weighted by Gasteiger charge is -2.06. The number of aromatic nitrogens is 1. The highest BCUT2D eigenvalue weighted by Gasteiger charge is 2.02. The SMILES string of the molecule is Cc1cc(C#Cc2cc3cc4ccccc4cc3cc2C)ccn1. The van der Waals surface area contributed by atoms with Crippen LogP contribution in [0.3, 0.4) is 0 Å². The quantitative estimate of drug-likeness (QED) is 0.313. The van der Waals surface area contributed by atoms with Crippen molar-refractivity contribution in [1.82, 2.24) is 4.98 Å². The Morgan fingerprint density at radius 1 is 0.708 bits per heavy atom. The normalized spacial score (nSPS) is 10.6. The lowest BCUT2D eigenvalue weighted by atomic mass is 9.98. The van der Waals surface area contributed by atoms with E-state index in [1.807, 2.05) is 19.1 Å². The van der Waals surface area contributed by atoms with Crippen molar-refractivity contribution in [2.24, 2.45) is 0 Å². The molecule has 0 radical (unpaired) electrons. The summed E-state index contributed by atoms with van der Waals surface area (Å²) in [5, 5.41) is 5.03. The molecule has 0 spiro atoms. The summed E-state index contributed by atoms with van der Waals surface area (Å²) >= 11 is 0. The van der Waals surface area contributed by atoms with Crippen molar-refractivity contribution in [2.75, 3.05) is 0 Å². The first-order chi connectivity index (χ1) is 11.7. The molecular formula is C23H17N. The van der Waals surface area contributed by atoms with Gasteiger partial charge in [-0.25, -0.2) is 0 Å². The van der Waals surface area contributed by atoms with Crippen LogP contribution in [0.4, 0.5) is 0 Å². The zero-order valence-electron chi connectivity index (χ0n) is 13.8. The second-order valence-electron chi connectivity index (χ2n) is 6.15. The van der Waals surface area contributed by atoms with Crippen LogP contribution in [0.1, 0.15) is 22.4 Å². The summed E-state index contributed by atoms with van der Waals surface area (Å²) in [4.78, 5) is 4.21. The van der Waals surface area contributed by atoms with Gasteiger partial charge in [0, 0.05) is 23.0 Å². The van der Waals surface area contributed by atoms with E-state index in [0.29, 0.717) is 0 Å². The molecule has 0 aliphatic heterocycles. The predicted octanol–water partition coefficient (Wildman–Crippen LogP) is 5.40. The van der Waals surface area contributed by atoms with Crippen molar-refractivity contribution in [3.8, 4) is 11.8 Å². The van der Waals surface area contributed by atoms with Gasteiger partial charge in [-0.05, 0) is 71.3 Å². The molecule has 0 unspecified atom stereocenters. The van der Waals surface area contributed by atoms with Gasteiger partial charge in [0.15, 0.2) is 0 Å². The van der Waals surface area contributed by atoms with Gasteiger partial charge in [0.2, 0.25) is 0 Å². The van der Waals surface area contributed by atoms with Gasteiger partial charge in [-0.3, -0.25) is 4.98 Å². The van der Waals surface area contributed by atoms with Crippen LogP contribution < -0.4 is 0 Å². The third-order valence-corrected chi connectivity index (χ3v) is 4.29. The average molecular weight is 307 g/mol. The Balaban J connectivity index is 1.84. The summed E-state index contributed by atoms with van der Waals surface area (Å²) in [6, 6.07) is 21.3. The van der Waals surface area contributed by atoms with Crippen LogP contribution in [0.15, 0.2) is 66.9 Å². The molecule has 114 valence electrons. The van der Waals surface area contributed by atoms with Gasteiger partial charge in [0.25, 0.3) is 0 Å². The molecule has 1 aromatic heterocycles. The summed E-state index contributed by atoms with van der Waals surface area (Å²) in [6.07, 6.45) is 1.80. The minimum atomic E-state index is 0.989. The van der Waals surface area contributed by atoms with Gasteiger partial charge < -0.3 is 0 Å². The fourth-order valence-electron chi connectivity index (χ4n) is 3.00. The molecule has 3 aromatic carbocycles. The Labute approximate surface area is 142 Å². The summed E-state index contributed by atoms with van der Waals surface area (Å²) < 4.78 is 0. The van der Waals surface area contributed by atoms with Crippen LogP contribution in [0, 0.1) is 25.7 Å². The monoisotopic (exact) mass is 307 g/mol. The fraction of sp³-hybridized carbons (Fsp3) is 0.0870. The molecule has 0 fully saturated rings. The van der Waals surface area contributed by atoms with E-state index in [0.717, 1.165) is 16.8 Å². The van der Waals surface area contributed by atoms with Crippen LogP contribution in [0.25, 0.3) is 21.5 Å². The molecule has 1 heteroatoms. The molecule has 0 bridgehead atoms. The minimum Gasteiger partial charge on any atom is -0.262 e. The lowest BCUT2D eigenvalue weighted by Crippen LogP contribution is -1.86. The van der Waals surface area contributed by atoms with Crippen molar-refractivity contribution in [1.29, 1.82) is 0 Å². The van der Waals surface area contributed by atoms with Crippen molar-refractivity contribution < 1.29 is 0 Å². The Morgan fingerprint density at radius 2 is 1.42 bits per heavy atom. The lowest BCUT2D eigenvalue weighted by molar-refractivity contribution is 1.19. The molecule has 4 aromatic rings. The van der Waals surface area contributed by atoms with E-state index in [1.54, 1.807) is 6.20 Å². The summed E-state index contributed by atoms with van der Waals surface area (Å²) in [6.45, 7) is 4.11. The van der Waals surface area contributed by atoms with Crippen LogP contribution >= 0.6 is 0 Å². The molecule has 0 saturated heterocycles. The minimum absolute atomic E-state index is 0.989. The van der Waals surface area contributed by atoms with Crippen LogP contribution in [0.5, 0.6) is 0 Å². The van der Waals surface area contributed by atoms with Crippen LogP contribution in [0.2, 0.25) is 0 Å². The number of aryl methyl sites for hydroxylation is 2. The number of hydrogen-bond donors (Lipinski definition) is 0. The molecule has 0 atom stereocenters. The maximum atomic E-state index is 4.21. The van der Waals surface area contributed by atoms with Gasteiger partial charge in [0.05, 0.1) is 0 Å². The number of benzene rings is 3. The Morgan fingerprint density at radius 3 is 2.12 bits per heavy atom. The maximum Gasteiger partial charge on any atom is 0.0385 e. The third-order valence-electron chi connectivity index (χ3n) is 4.29. The van der Waals surface area contributed by atoms with Crippen LogP contribution in [-0.4, -0.2) is 4.98 Å². The predicted molar refractivity (Wildman–Crippen MR) is 101 cm³/mol. The molecule has 0 amide bonds. The van der Waals surface area contributed by atoms with E-state index in [-0.39, 0.29) is 0 Å². The van der Waals surface area contributed by atoms with Gasteiger partial charge in [-0.2, -0.15) is 0 Å². The highest BCUT2D eigenvalue weighted by molar-refractivity contribution is 5.99. The smallest absolute Gasteiger partial charge is 0.0385 e. The first kappa shape index (κ1) is 14.5. The topological polar surface area (TPSA) is 12.9 Å². The van der Waals surface area contributed by atoms with Gasteiger partial charge in [-0.15, -0.1) is 0 Å². The summed E-state index contributed by atoms with van der Waals surface area (Å²) in [7, 11) is 0. The largest absolute Gasteiger partial charge is 0.262 e. The molecule has 1 nitrogen and oxygen atoms in total. The van der Waals surface area contributed by atoms with E-state index in [9.17, 15) is 0 Å². The van der Waals surface area contributed by atoms with E-state index in [4.69, 9.17) is 0 Å². The van der Waals surface area contributed by atoms with Crippen molar-refractivity contribution in [3.05, 3.63) is 89.2 Å². The second-order valence-corrected chi connectivity index (χ2v) is 6.15. The first-order valence-corrected chi connectivity index (χ1v) is 8.07. The number of rotatable bonds is 0. The number of fused-ring (bicyclic) bond motifs is 2. The molecule has 0 aliphatic rings. The van der Waals surface area contributed by atoms with Crippen molar-refractivity contribution >= 4 is 21.5 Å². The highest BCUT2D eigenvalue weighted by atomic mass is 14.6. The molecule has 0 aliphatic carbocycles. The van der Waals surface area contributed by atoms with Crippen molar-refractivity contribution in [3.63, 3.8) is 0 Å². The molecule has 0 N–H and O–H groups in total. The van der Waals surface area contributed by atoms with Gasteiger partial charge in [-0.1, -0.05) is 42.2 Å². The first-order valence-electron chi connectivity index (χ1n) is 8.07. The standard InChI is InChI=1S/C23H17N/c1-16-11-22-14-20-5-3-4-6-21(20)15-23(22)13-19(16)8-7-18-9-10-24-17(2)12-18/h3-6,9-15H,1-2H3. The number of hydrogen-bond acceptors (Lipinski definition) is 1. The van der Waals surface area contributed by atoms with E-state index in [2.05, 4.69) is 72.3 Å². The Bertz CT molecular complexity index is 1130. The van der Waals surface area contributed by atoms with E-state index >= 15 is 0 Å². The number of nitrogens with zero attached hydrogens (tertiary/aromatic N) is 1. The van der Waals surface area contributed by atoms with E-state index in [1.165, 1.54) is 27.1 Å². The second kappa shape index (κ2) is 5.83. The zero-order chi connectivity index (χ0) is 16.5. The van der Waals surface area contributed by atoms with Crippen molar-refractivity contribution in [2.45, 2.75) is 13.8 Å². The summed E-state index contributed by atoms with van der Waals surface area (Å²) in [5.41, 5.74) is 4.27. The van der Waals surface area contributed by atoms with Gasteiger partial charge in [0.1, 0.15) is 0 Å². The maximum absolute atomic E-state index is 4.21. The zero-order valence-corrected chi connectivity index (χ0v) is 13.8. The molecule has 1 heterocycles. The fourth-order valence-corrected chi connectivity index (χ4v) is 3.00.